The van der Waals surface area contributed by atoms with Gasteiger partial charge in [-0.15, -0.1) is 0 Å². The predicted molar refractivity (Wildman–Crippen MR) is 69.3 cm³/mol. The number of hydrogen-bond donors (Lipinski definition) is 0. The first-order valence-electron chi connectivity index (χ1n) is 6.99. The third-order valence-corrected chi connectivity index (χ3v) is 3.90. The number of carbonyl (C=O) groups excluding carboxylic acids is 1. The Labute approximate surface area is 116 Å². The molecule has 1 aromatic rings. The molecule has 1 unspecified atom stereocenters. The lowest BCUT2D eigenvalue weighted by molar-refractivity contribution is 0.0696. The zero-order valence-electron chi connectivity index (χ0n) is 11.1. The zero-order valence-corrected chi connectivity index (χ0v) is 11.1. The van der Waals surface area contributed by atoms with Crippen molar-refractivity contribution in [2.24, 2.45) is 5.92 Å². The Morgan fingerprint density at radius 2 is 1.95 bits per heavy atom. The van der Waals surface area contributed by atoms with E-state index >= 15 is 0 Å². The largest absolute Gasteiger partial charge is 0.381 e. The molecule has 108 valence electrons. The molecule has 3 rings (SSSR count). The molecule has 20 heavy (non-hydrogen) atoms. The van der Waals surface area contributed by atoms with Gasteiger partial charge in [-0.2, -0.15) is 0 Å². The summed E-state index contributed by atoms with van der Waals surface area (Å²) in [7, 11) is 0. The average molecular weight is 281 g/mol. The molecule has 1 saturated carbocycles. The Kier molecular flexibility index (Phi) is 3.70. The molecule has 1 saturated heterocycles. The van der Waals surface area contributed by atoms with Gasteiger partial charge in [0, 0.05) is 25.1 Å². The summed E-state index contributed by atoms with van der Waals surface area (Å²) in [6.07, 6.45) is 2.72. The molecule has 0 spiro atoms. The van der Waals surface area contributed by atoms with E-state index in [2.05, 4.69) is 0 Å². The first-order valence-corrected chi connectivity index (χ1v) is 6.99. The molecular weight excluding hydrogens is 264 g/mol. The third kappa shape index (κ3) is 2.68. The molecule has 2 fully saturated rings. The molecular formula is C15H17F2NO2. The Morgan fingerprint density at radius 3 is 2.50 bits per heavy atom. The van der Waals surface area contributed by atoms with Crippen molar-refractivity contribution in [3.05, 3.63) is 35.4 Å². The highest BCUT2D eigenvalue weighted by Gasteiger charge is 2.36. The van der Waals surface area contributed by atoms with E-state index in [1.165, 1.54) is 6.07 Å². The van der Waals surface area contributed by atoms with E-state index in [4.69, 9.17) is 4.74 Å². The van der Waals surface area contributed by atoms with E-state index in [-0.39, 0.29) is 12.0 Å². The number of ether oxygens (including phenoxy) is 1. The number of amides is 1. The van der Waals surface area contributed by atoms with Crippen LogP contribution in [0.3, 0.4) is 0 Å². The van der Waals surface area contributed by atoms with Gasteiger partial charge in [-0.1, -0.05) is 6.07 Å². The fraction of sp³-hybridized carbons (Fsp3) is 0.533. The normalized spacial score (nSPS) is 22.0. The summed E-state index contributed by atoms with van der Waals surface area (Å²) in [6.45, 7) is 1.85. The number of benzene rings is 1. The quantitative estimate of drug-likeness (QED) is 0.849. The Balaban J connectivity index is 1.81. The first-order chi connectivity index (χ1) is 9.66. The molecule has 1 aliphatic carbocycles. The lowest BCUT2D eigenvalue weighted by Gasteiger charge is -2.25. The molecule has 0 radical (unpaired) electrons. The fourth-order valence-electron chi connectivity index (χ4n) is 2.64. The highest BCUT2D eigenvalue weighted by atomic mass is 19.1. The molecule has 1 aliphatic heterocycles. The van der Waals surface area contributed by atoms with Gasteiger partial charge >= 0.3 is 0 Å². The van der Waals surface area contributed by atoms with E-state index in [0.29, 0.717) is 19.8 Å². The van der Waals surface area contributed by atoms with Gasteiger partial charge < -0.3 is 9.64 Å². The molecule has 3 nitrogen and oxygen atoms in total. The summed E-state index contributed by atoms with van der Waals surface area (Å²) < 4.78 is 32.8. The van der Waals surface area contributed by atoms with E-state index in [1.807, 2.05) is 0 Å². The van der Waals surface area contributed by atoms with Crippen LogP contribution < -0.4 is 0 Å². The van der Waals surface area contributed by atoms with Crippen molar-refractivity contribution >= 4 is 5.91 Å². The number of halogens is 2. The molecule has 1 heterocycles. The van der Waals surface area contributed by atoms with Crippen LogP contribution in [0.15, 0.2) is 18.2 Å². The van der Waals surface area contributed by atoms with E-state index in [1.54, 1.807) is 4.90 Å². The molecule has 5 heteroatoms. The third-order valence-electron chi connectivity index (χ3n) is 3.90. The first kappa shape index (κ1) is 13.5. The van der Waals surface area contributed by atoms with Gasteiger partial charge in [-0.3, -0.25) is 4.79 Å². The summed E-state index contributed by atoms with van der Waals surface area (Å²) in [5.74, 6) is -1.84. The average Bonchev–Trinajstić information content (AvgIpc) is 3.12. The van der Waals surface area contributed by atoms with Crippen molar-refractivity contribution in [1.29, 1.82) is 0 Å². The monoisotopic (exact) mass is 281 g/mol. The summed E-state index contributed by atoms with van der Waals surface area (Å²) in [5.41, 5.74) is -0.432. The van der Waals surface area contributed by atoms with Crippen LogP contribution in [-0.2, 0) is 4.74 Å². The molecule has 1 amide bonds. The van der Waals surface area contributed by atoms with E-state index in [9.17, 15) is 13.6 Å². The van der Waals surface area contributed by atoms with Gasteiger partial charge in [0.25, 0.3) is 5.91 Å². The van der Waals surface area contributed by atoms with Crippen LogP contribution in [0.25, 0.3) is 0 Å². The second-order valence-electron chi connectivity index (χ2n) is 5.51. The van der Waals surface area contributed by atoms with Crippen LogP contribution in [0.1, 0.15) is 29.6 Å². The number of carbonyl (C=O) groups is 1. The van der Waals surface area contributed by atoms with Crippen LogP contribution in [0.2, 0.25) is 0 Å². The van der Waals surface area contributed by atoms with Crippen LogP contribution in [0.4, 0.5) is 8.78 Å². The summed E-state index contributed by atoms with van der Waals surface area (Å²) >= 11 is 0. The van der Waals surface area contributed by atoms with Gasteiger partial charge in [-0.25, -0.2) is 8.78 Å². The molecule has 2 aliphatic rings. The van der Waals surface area contributed by atoms with Gasteiger partial charge in [0.15, 0.2) is 0 Å². The van der Waals surface area contributed by atoms with Gasteiger partial charge in [-0.05, 0) is 31.4 Å². The standard InChI is InChI=1S/C15H17F2NO2/c16-12-2-1-3-13(17)14(12)15(19)18(11-4-5-11)8-10-6-7-20-9-10/h1-3,10-11H,4-9H2. The van der Waals surface area contributed by atoms with Crippen LogP contribution in [0.5, 0.6) is 0 Å². The second-order valence-corrected chi connectivity index (χ2v) is 5.51. The smallest absolute Gasteiger partial charge is 0.260 e. The highest BCUT2D eigenvalue weighted by Crippen LogP contribution is 2.31. The molecule has 0 aromatic heterocycles. The van der Waals surface area contributed by atoms with Crippen LogP contribution in [0, 0.1) is 17.6 Å². The minimum absolute atomic E-state index is 0.127. The lowest BCUT2D eigenvalue weighted by atomic mass is 10.1. The van der Waals surface area contributed by atoms with Crippen molar-refractivity contribution in [2.75, 3.05) is 19.8 Å². The van der Waals surface area contributed by atoms with E-state index < -0.39 is 23.1 Å². The van der Waals surface area contributed by atoms with Crippen molar-refractivity contribution in [3.8, 4) is 0 Å². The number of hydrogen-bond acceptors (Lipinski definition) is 2. The fourth-order valence-corrected chi connectivity index (χ4v) is 2.64. The maximum atomic E-state index is 13.7. The Bertz CT molecular complexity index is 490. The van der Waals surface area contributed by atoms with Gasteiger partial charge in [0.05, 0.1) is 6.61 Å². The predicted octanol–water partition coefficient (Wildman–Crippen LogP) is 2.61. The molecule has 0 bridgehead atoms. The number of rotatable bonds is 4. The number of nitrogens with zero attached hydrogens (tertiary/aromatic N) is 1. The lowest BCUT2D eigenvalue weighted by Crippen LogP contribution is -2.38. The SMILES string of the molecule is O=C(c1c(F)cccc1F)N(CC1CCOC1)C1CC1. The van der Waals surface area contributed by atoms with E-state index in [0.717, 1.165) is 31.4 Å². The Hall–Kier alpha value is -1.49. The van der Waals surface area contributed by atoms with Crippen LogP contribution in [-0.4, -0.2) is 36.6 Å². The molecule has 0 N–H and O–H groups in total. The maximum Gasteiger partial charge on any atom is 0.260 e. The van der Waals surface area contributed by atoms with Crippen molar-refractivity contribution in [1.82, 2.24) is 4.90 Å². The maximum absolute atomic E-state index is 13.7. The topological polar surface area (TPSA) is 29.5 Å². The zero-order chi connectivity index (χ0) is 14.1. The molecule has 1 atom stereocenters. The summed E-state index contributed by atoms with van der Waals surface area (Å²) in [6, 6.07) is 3.65. The Morgan fingerprint density at radius 1 is 1.25 bits per heavy atom. The van der Waals surface area contributed by atoms with Gasteiger partial charge in [0.1, 0.15) is 17.2 Å². The minimum Gasteiger partial charge on any atom is -0.381 e. The van der Waals surface area contributed by atoms with Crippen LogP contribution >= 0.6 is 0 Å². The highest BCUT2D eigenvalue weighted by molar-refractivity contribution is 5.95. The second kappa shape index (κ2) is 5.48. The summed E-state index contributed by atoms with van der Waals surface area (Å²) in [5, 5.41) is 0. The molecule has 1 aromatic carbocycles. The van der Waals surface area contributed by atoms with Crippen molar-refractivity contribution < 1.29 is 18.3 Å². The van der Waals surface area contributed by atoms with Crippen molar-refractivity contribution in [2.45, 2.75) is 25.3 Å². The van der Waals surface area contributed by atoms with Gasteiger partial charge in [0.2, 0.25) is 0 Å². The van der Waals surface area contributed by atoms with Crippen molar-refractivity contribution in [3.63, 3.8) is 0 Å². The summed E-state index contributed by atoms with van der Waals surface area (Å²) in [4.78, 5) is 14.1. The minimum atomic E-state index is -0.789.